The predicted molar refractivity (Wildman–Crippen MR) is 63.7 cm³/mol. The van der Waals surface area contributed by atoms with E-state index >= 15 is 0 Å². The topological polar surface area (TPSA) is 74.6 Å². The van der Waals surface area contributed by atoms with Crippen molar-refractivity contribution in [1.82, 2.24) is 4.57 Å². The van der Waals surface area contributed by atoms with Gasteiger partial charge in [0.1, 0.15) is 5.60 Å². The summed E-state index contributed by atoms with van der Waals surface area (Å²) < 4.78 is 10.3. The number of aromatic nitrogens is 1. The summed E-state index contributed by atoms with van der Waals surface area (Å²) in [5, 5.41) is 0. The number of rotatable bonds is 1. The summed E-state index contributed by atoms with van der Waals surface area (Å²) in [5.74, 6) is -0.632. The average Bonchev–Trinajstić information content (AvgIpc) is 2.26. The minimum absolute atomic E-state index is 0.1000. The highest BCUT2D eigenvalue weighted by Crippen LogP contribution is 2.08. The van der Waals surface area contributed by atoms with Crippen LogP contribution in [0.1, 0.15) is 31.1 Å². The standard InChI is InChI=1S/C12H15NO5/c1-12(2,3)18-11(16)13-7-8(10(15)17-4)5-6-9(13)14/h5-7H,1-4H3. The predicted octanol–water partition coefficient (Wildman–Crippen LogP) is 1.42. The zero-order valence-corrected chi connectivity index (χ0v) is 10.7. The number of hydrogen-bond acceptors (Lipinski definition) is 5. The first-order valence-electron chi connectivity index (χ1n) is 5.29. The highest BCUT2D eigenvalue weighted by molar-refractivity contribution is 5.89. The van der Waals surface area contributed by atoms with E-state index in [1.54, 1.807) is 20.8 Å². The summed E-state index contributed by atoms with van der Waals surface area (Å²) in [6, 6.07) is 2.39. The molecule has 1 heterocycles. The van der Waals surface area contributed by atoms with Crippen molar-refractivity contribution in [2.45, 2.75) is 26.4 Å². The van der Waals surface area contributed by atoms with Gasteiger partial charge in [0.25, 0.3) is 5.56 Å². The number of nitrogens with zero attached hydrogens (tertiary/aromatic N) is 1. The molecule has 1 aromatic heterocycles. The van der Waals surface area contributed by atoms with E-state index in [-0.39, 0.29) is 5.56 Å². The fourth-order valence-corrected chi connectivity index (χ4v) is 1.18. The summed E-state index contributed by atoms with van der Waals surface area (Å²) in [4.78, 5) is 34.5. The molecule has 0 aliphatic carbocycles. The van der Waals surface area contributed by atoms with Crippen LogP contribution in [0.15, 0.2) is 23.1 Å². The lowest BCUT2D eigenvalue weighted by Crippen LogP contribution is -2.33. The lowest BCUT2D eigenvalue weighted by Gasteiger charge is -2.19. The van der Waals surface area contributed by atoms with Gasteiger partial charge in [-0.15, -0.1) is 0 Å². The van der Waals surface area contributed by atoms with E-state index in [4.69, 9.17) is 4.74 Å². The van der Waals surface area contributed by atoms with Crippen LogP contribution in [-0.4, -0.2) is 29.3 Å². The minimum Gasteiger partial charge on any atom is -0.465 e. The molecule has 0 saturated heterocycles. The van der Waals surface area contributed by atoms with Crippen molar-refractivity contribution in [2.24, 2.45) is 0 Å². The highest BCUT2D eigenvalue weighted by Gasteiger charge is 2.19. The lowest BCUT2D eigenvalue weighted by molar-refractivity contribution is 0.0529. The quantitative estimate of drug-likeness (QED) is 0.707. The molecule has 18 heavy (non-hydrogen) atoms. The van der Waals surface area contributed by atoms with Gasteiger partial charge >= 0.3 is 12.1 Å². The van der Waals surface area contributed by atoms with Gasteiger partial charge in [0, 0.05) is 12.3 Å². The van der Waals surface area contributed by atoms with Crippen LogP contribution < -0.4 is 5.56 Å². The van der Waals surface area contributed by atoms with Gasteiger partial charge in [-0.25, -0.2) is 14.2 Å². The fourth-order valence-electron chi connectivity index (χ4n) is 1.18. The SMILES string of the molecule is COC(=O)c1ccc(=O)n(C(=O)OC(C)(C)C)c1. The number of esters is 1. The molecule has 1 aromatic rings. The molecule has 0 spiro atoms. The van der Waals surface area contributed by atoms with E-state index in [2.05, 4.69) is 4.74 Å². The maximum absolute atomic E-state index is 11.7. The Hall–Kier alpha value is -2.11. The molecule has 0 atom stereocenters. The second kappa shape index (κ2) is 5.03. The van der Waals surface area contributed by atoms with Crippen LogP contribution in [0, 0.1) is 0 Å². The van der Waals surface area contributed by atoms with Gasteiger partial charge in [-0.05, 0) is 26.8 Å². The molecule has 1 rings (SSSR count). The van der Waals surface area contributed by atoms with Crippen LogP contribution in [0.25, 0.3) is 0 Å². The zero-order valence-electron chi connectivity index (χ0n) is 10.7. The second-order valence-corrected chi connectivity index (χ2v) is 4.60. The Morgan fingerprint density at radius 3 is 2.33 bits per heavy atom. The van der Waals surface area contributed by atoms with Crippen molar-refractivity contribution in [3.05, 3.63) is 34.2 Å². The molecular formula is C12H15NO5. The van der Waals surface area contributed by atoms with Crippen molar-refractivity contribution in [2.75, 3.05) is 7.11 Å². The highest BCUT2D eigenvalue weighted by atomic mass is 16.6. The Morgan fingerprint density at radius 1 is 1.22 bits per heavy atom. The number of methoxy groups -OCH3 is 1. The molecule has 0 saturated carbocycles. The van der Waals surface area contributed by atoms with Gasteiger partial charge in [-0.2, -0.15) is 0 Å². The first-order chi connectivity index (χ1) is 8.24. The van der Waals surface area contributed by atoms with Crippen molar-refractivity contribution in [3.8, 4) is 0 Å². The molecule has 0 aromatic carbocycles. The number of carbonyl (C=O) groups excluding carboxylic acids is 2. The van der Waals surface area contributed by atoms with Gasteiger partial charge in [0.2, 0.25) is 0 Å². The van der Waals surface area contributed by atoms with Crippen LogP contribution in [0.2, 0.25) is 0 Å². The number of ether oxygens (including phenoxy) is 2. The summed E-state index contributed by atoms with van der Waals surface area (Å²) in [7, 11) is 1.21. The Kier molecular flexibility index (Phi) is 3.90. The third kappa shape index (κ3) is 3.44. The van der Waals surface area contributed by atoms with Crippen molar-refractivity contribution in [1.29, 1.82) is 0 Å². The molecular weight excluding hydrogens is 238 g/mol. The Bertz CT molecular complexity index is 524. The van der Waals surface area contributed by atoms with Crippen LogP contribution in [0.4, 0.5) is 4.79 Å². The first-order valence-corrected chi connectivity index (χ1v) is 5.29. The zero-order chi connectivity index (χ0) is 13.9. The second-order valence-electron chi connectivity index (χ2n) is 4.60. The van der Waals surface area contributed by atoms with Gasteiger partial charge in [0.15, 0.2) is 0 Å². The van der Waals surface area contributed by atoms with E-state index in [0.717, 1.165) is 16.8 Å². The third-order valence-electron chi connectivity index (χ3n) is 1.92. The average molecular weight is 253 g/mol. The monoisotopic (exact) mass is 253 g/mol. The van der Waals surface area contributed by atoms with E-state index in [1.165, 1.54) is 13.2 Å². The molecule has 6 heteroatoms. The van der Waals surface area contributed by atoms with E-state index < -0.39 is 23.2 Å². The van der Waals surface area contributed by atoms with Gasteiger partial charge in [-0.1, -0.05) is 0 Å². The van der Waals surface area contributed by atoms with Crippen molar-refractivity contribution in [3.63, 3.8) is 0 Å². The molecule has 0 aliphatic heterocycles. The van der Waals surface area contributed by atoms with E-state index in [1.807, 2.05) is 0 Å². The normalized spacial score (nSPS) is 10.9. The van der Waals surface area contributed by atoms with Gasteiger partial charge in [-0.3, -0.25) is 4.79 Å². The lowest BCUT2D eigenvalue weighted by atomic mass is 10.2. The molecule has 0 fully saturated rings. The molecule has 0 unspecified atom stereocenters. The maximum Gasteiger partial charge on any atom is 0.421 e. The summed E-state index contributed by atoms with van der Waals surface area (Å²) >= 11 is 0. The van der Waals surface area contributed by atoms with Crippen molar-refractivity contribution < 1.29 is 19.1 Å². The van der Waals surface area contributed by atoms with Gasteiger partial charge in [0.05, 0.1) is 12.7 Å². The molecule has 0 aliphatic rings. The fraction of sp³-hybridized carbons (Fsp3) is 0.417. The van der Waals surface area contributed by atoms with E-state index in [0.29, 0.717) is 0 Å². The van der Waals surface area contributed by atoms with Crippen LogP contribution in [0.3, 0.4) is 0 Å². The number of hydrogen-bond donors (Lipinski definition) is 0. The Labute approximate surface area is 104 Å². The number of pyridine rings is 1. The Balaban J connectivity index is 3.12. The molecule has 0 amide bonds. The Morgan fingerprint density at radius 2 is 1.83 bits per heavy atom. The van der Waals surface area contributed by atoms with Crippen LogP contribution in [-0.2, 0) is 9.47 Å². The van der Waals surface area contributed by atoms with Gasteiger partial charge < -0.3 is 9.47 Å². The summed E-state index contributed by atoms with van der Waals surface area (Å²) in [6.07, 6.45) is 0.264. The molecule has 6 nitrogen and oxygen atoms in total. The molecule has 0 bridgehead atoms. The molecule has 0 radical (unpaired) electrons. The number of carbonyl (C=O) groups is 2. The first kappa shape index (κ1) is 14.0. The smallest absolute Gasteiger partial charge is 0.421 e. The summed E-state index contributed by atoms with van der Waals surface area (Å²) in [5.41, 5.74) is -1.20. The minimum atomic E-state index is -0.835. The van der Waals surface area contributed by atoms with Crippen LogP contribution in [0.5, 0.6) is 0 Å². The largest absolute Gasteiger partial charge is 0.465 e. The van der Waals surface area contributed by atoms with Crippen LogP contribution >= 0.6 is 0 Å². The third-order valence-corrected chi connectivity index (χ3v) is 1.92. The maximum atomic E-state index is 11.7. The van der Waals surface area contributed by atoms with Crippen molar-refractivity contribution >= 4 is 12.1 Å². The molecule has 0 N–H and O–H groups in total. The summed E-state index contributed by atoms with van der Waals surface area (Å²) in [6.45, 7) is 5.04. The molecule has 98 valence electrons. The van der Waals surface area contributed by atoms with E-state index in [9.17, 15) is 14.4 Å².